The van der Waals surface area contributed by atoms with Crippen LogP contribution in [0.3, 0.4) is 0 Å². The van der Waals surface area contributed by atoms with E-state index in [1.54, 1.807) is 6.20 Å². The second-order valence-corrected chi connectivity index (χ2v) is 4.02. The number of fused-ring (bicyclic) bond motifs is 1. The topological polar surface area (TPSA) is 45.1 Å². The molecule has 1 atom stereocenters. The Labute approximate surface area is 95.1 Å². The lowest BCUT2D eigenvalue weighted by atomic mass is 10.1. The van der Waals surface area contributed by atoms with Gasteiger partial charge in [0.2, 0.25) is 0 Å². The van der Waals surface area contributed by atoms with E-state index in [1.165, 1.54) is 10.9 Å². The minimum atomic E-state index is 0.133. The van der Waals surface area contributed by atoms with Gasteiger partial charge in [0.15, 0.2) is 0 Å². The average Bonchev–Trinajstić information content (AvgIpc) is 2.35. The quantitative estimate of drug-likeness (QED) is 0.817. The molecule has 0 aliphatic carbocycles. The van der Waals surface area contributed by atoms with E-state index >= 15 is 0 Å². The smallest absolute Gasteiger partial charge is 0.0582 e. The Morgan fingerprint density at radius 1 is 1.31 bits per heavy atom. The standard InChI is InChI=1S/C13H16N2O/c1-10(9-16)15-7-11-2-3-13-8-14-5-4-12(13)6-11/h2-6,8,10,15-16H,7,9H2,1H3. The molecule has 0 saturated carbocycles. The van der Waals surface area contributed by atoms with Gasteiger partial charge in [0, 0.05) is 30.4 Å². The number of nitrogens with zero attached hydrogens (tertiary/aromatic N) is 1. The zero-order chi connectivity index (χ0) is 11.4. The van der Waals surface area contributed by atoms with Gasteiger partial charge in [-0.25, -0.2) is 0 Å². The van der Waals surface area contributed by atoms with Gasteiger partial charge in [0.1, 0.15) is 0 Å². The molecule has 16 heavy (non-hydrogen) atoms. The Morgan fingerprint density at radius 3 is 3.00 bits per heavy atom. The summed E-state index contributed by atoms with van der Waals surface area (Å²) in [6, 6.07) is 8.44. The molecular weight excluding hydrogens is 200 g/mol. The van der Waals surface area contributed by atoms with Crippen molar-refractivity contribution in [2.24, 2.45) is 0 Å². The summed E-state index contributed by atoms with van der Waals surface area (Å²) in [4.78, 5) is 4.08. The van der Waals surface area contributed by atoms with Crippen LogP contribution in [0.5, 0.6) is 0 Å². The van der Waals surface area contributed by atoms with E-state index in [1.807, 2.05) is 19.2 Å². The molecule has 0 aliphatic rings. The van der Waals surface area contributed by atoms with E-state index in [0.29, 0.717) is 0 Å². The Hall–Kier alpha value is -1.45. The van der Waals surface area contributed by atoms with Gasteiger partial charge in [0.05, 0.1) is 6.61 Å². The van der Waals surface area contributed by atoms with Gasteiger partial charge >= 0.3 is 0 Å². The van der Waals surface area contributed by atoms with Gasteiger partial charge < -0.3 is 10.4 Å². The monoisotopic (exact) mass is 216 g/mol. The molecule has 1 unspecified atom stereocenters. The molecule has 3 heteroatoms. The van der Waals surface area contributed by atoms with Gasteiger partial charge in [-0.05, 0) is 30.0 Å². The van der Waals surface area contributed by atoms with Crippen LogP contribution in [0, 0.1) is 0 Å². The number of aliphatic hydroxyl groups excluding tert-OH is 1. The third-order valence-corrected chi connectivity index (χ3v) is 2.63. The SMILES string of the molecule is CC(CO)NCc1ccc2cnccc2c1. The summed E-state index contributed by atoms with van der Waals surface area (Å²) in [6.45, 7) is 2.91. The molecule has 1 heterocycles. The second kappa shape index (κ2) is 5.05. The number of nitrogens with one attached hydrogen (secondary N) is 1. The molecule has 0 saturated heterocycles. The Bertz CT molecular complexity index is 470. The van der Waals surface area contributed by atoms with Crippen LogP contribution in [0.1, 0.15) is 12.5 Å². The highest BCUT2D eigenvalue weighted by Gasteiger charge is 2.00. The Morgan fingerprint density at radius 2 is 2.19 bits per heavy atom. The first-order chi connectivity index (χ1) is 7.79. The van der Waals surface area contributed by atoms with E-state index < -0.39 is 0 Å². The van der Waals surface area contributed by atoms with E-state index in [0.717, 1.165) is 11.9 Å². The van der Waals surface area contributed by atoms with Crippen molar-refractivity contribution in [3.63, 3.8) is 0 Å². The maximum Gasteiger partial charge on any atom is 0.0582 e. The molecule has 2 N–H and O–H groups in total. The molecule has 0 aliphatic heterocycles. The van der Waals surface area contributed by atoms with Crippen molar-refractivity contribution in [3.05, 3.63) is 42.2 Å². The van der Waals surface area contributed by atoms with Crippen LogP contribution >= 0.6 is 0 Å². The van der Waals surface area contributed by atoms with Gasteiger partial charge in [-0.1, -0.05) is 12.1 Å². The third-order valence-electron chi connectivity index (χ3n) is 2.63. The van der Waals surface area contributed by atoms with Gasteiger partial charge in [-0.2, -0.15) is 0 Å². The van der Waals surface area contributed by atoms with Gasteiger partial charge in [-0.3, -0.25) is 4.98 Å². The first-order valence-electron chi connectivity index (χ1n) is 5.46. The molecule has 84 valence electrons. The molecule has 0 amide bonds. The molecule has 2 rings (SSSR count). The predicted octanol–water partition coefficient (Wildman–Crippen LogP) is 1.71. The van der Waals surface area contributed by atoms with Crippen LogP contribution < -0.4 is 5.32 Å². The van der Waals surface area contributed by atoms with Crippen molar-refractivity contribution in [3.8, 4) is 0 Å². The van der Waals surface area contributed by atoms with E-state index in [2.05, 4.69) is 28.5 Å². The molecule has 0 fully saturated rings. The minimum Gasteiger partial charge on any atom is -0.395 e. The largest absolute Gasteiger partial charge is 0.395 e. The summed E-state index contributed by atoms with van der Waals surface area (Å²) in [7, 11) is 0. The van der Waals surface area contributed by atoms with E-state index in [4.69, 9.17) is 5.11 Å². The van der Waals surface area contributed by atoms with Crippen molar-refractivity contribution in [1.29, 1.82) is 0 Å². The summed E-state index contributed by atoms with van der Waals surface area (Å²) < 4.78 is 0. The molecule has 2 aromatic rings. The van der Waals surface area contributed by atoms with Crippen LogP contribution in [-0.2, 0) is 6.54 Å². The lowest BCUT2D eigenvalue weighted by molar-refractivity contribution is 0.251. The second-order valence-electron chi connectivity index (χ2n) is 4.02. The van der Waals surface area contributed by atoms with E-state index in [-0.39, 0.29) is 12.6 Å². The molecule has 1 aromatic heterocycles. The van der Waals surface area contributed by atoms with Crippen molar-refractivity contribution in [1.82, 2.24) is 10.3 Å². The maximum absolute atomic E-state index is 8.91. The van der Waals surface area contributed by atoms with Crippen LogP contribution in [0.4, 0.5) is 0 Å². The molecule has 0 radical (unpaired) electrons. The highest BCUT2D eigenvalue weighted by molar-refractivity contribution is 5.81. The van der Waals surface area contributed by atoms with Gasteiger partial charge in [-0.15, -0.1) is 0 Å². The Kier molecular flexibility index (Phi) is 3.49. The number of pyridine rings is 1. The number of hydrogen-bond acceptors (Lipinski definition) is 3. The summed E-state index contributed by atoms with van der Waals surface area (Å²) in [5.41, 5.74) is 1.22. The average molecular weight is 216 g/mol. The number of hydrogen-bond donors (Lipinski definition) is 2. The predicted molar refractivity (Wildman–Crippen MR) is 65.1 cm³/mol. The summed E-state index contributed by atoms with van der Waals surface area (Å²) >= 11 is 0. The third kappa shape index (κ3) is 2.56. The fraction of sp³-hybridized carbons (Fsp3) is 0.308. The van der Waals surface area contributed by atoms with Crippen molar-refractivity contribution >= 4 is 10.8 Å². The molecule has 3 nitrogen and oxygen atoms in total. The first kappa shape index (κ1) is 11.0. The molecule has 0 spiro atoms. The Balaban J connectivity index is 2.13. The first-order valence-corrected chi connectivity index (χ1v) is 5.46. The van der Waals surface area contributed by atoms with E-state index in [9.17, 15) is 0 Å². The van der Waals surface area contributed by atoms with Crippen LogP contribution in [0.15, 0.2) is 36.7 Å². The zero-order valence-corrected chi connectivity index (χ0v) is 9.35. The lowest BCUT2D eigenvalue weighted by Gasteiger charge is -2.10. The highest BCUT2D eigenvalue weighted by Crippen LogP contribution is 2.14. The van der Waals surface area contributed by atoms with Gasteiger partial charge in [0.25, 0.3) is 0 Å². The summed E-state index contributed by atoms with van der Waals surface area (Å²) in [5, 5.41) is 14.5. The molecule has 1 aromatic carbocycles. The van der Waals surface area contributed by atoms with Crippen LogP contribution in [0.25, 0.3) is 10.8 Å². The molecule has 0 bridgehead atoms. The number of rotatable bonds is 4. The van der Waals surface area contributed by atoms with Crippen LogP contribution in [0.2, 0.25) is 0 Å². The lowest BCUT2D eigenvalue weighted by Crippen LogP contribution is -2.28. The van der Waals surface area contributed by atoms with Crippen molar-refractivity contribution in [2.45, 2.75) is 19.5 Å². The minimum absolute atomic E-state index is 0.133. The maximum atomic E-state index is 8.91. The zero-order valence-electron chi connectivity index (χ0n) is 9.35. The number of aliphatic hydroxyl groups is 1. The highest BCUT2D eigenvalue weighted by atomic mass is 16.3. The fourth-order valence-electron chi connectivity index (χ4n) is 1.60. The van der Waals surface area contributed by atoms with Crippen molar-refractivity contribution in [2.75, 3.05) is 6.61 Å². The number of benzene rings is 1. The number of aromatic nitrogens is 1. The summed E-state index contributed by atoms with van der Waals surface area (Å²) in [5.74, 6) is 0. The molecular formula is C13H16N2O. The normalized spacial score (nSPS) is 12.9. The van der Waals surface area contributed by atoms with Crippen LogP contribution in [-0.4, -0.2) is 22.7 Å². The fourth-order valence-corrected chi connectivity index (χ4v) is 1.60. The summed E-state index contributed by atoms with van der Waals surface area (Å²) in [6.07, 6.45) is 3.67. The van der Waals surface area contributed by atoms with Crippen molar-refractivity contribution < 1.29 is 5.11 Å².